The van der Waals surface area contributed by atoms with E-state index >= 15 is 0 Å². The monoisotopic (exact) mass is 325 g/mol. The second-order valence-electron chi connectivity index (χ2n) is 5.64. The van der Waals surface area contributed by atoms with E-state index in [2.05, 4.69) is 0 Å². The van der Waals surface area contributed by atoms with Crippen LogP contribution in [0, 0.1) is 0 Å². The summed E-state index contributed by atoms with van der Waals surface area (Å²) < 4.78 is 10.8. The molecule has 1 heterocycles. The van der Waals surface area contributed by atoms with Gasteiger partial charge >= 0.3 is 12.1 Å². The molecule has 0 saturated heterocycles. The molecule has 0 spiro atoms. The van der Waals surface area contributed by atoms with Crippen LogP contribution in [0.1, 0.15) is 30.6 Å². The Morgan fingerprint density at radius 1 is 1.08 bits per heavy atom. The third kappa shape index (κ3) is 3.56. The van der Waals surface area contributed by atoms with E-state index in [4.69, 9.17) is 9.47 Å². The van der Waals surface area contributed by atoms with Crippen molar-refractivity contribution in [2.45, 2.75) is 26.1 Å². The van der Waals surface area contributed by atoms with Gasteiger partial charge in [0.1, 0.15) is 12.7 Å². The lowest BCUT2D eigenvalue weighted by molar-refractivity contribution is -0.147. The summed E-state index contributed by atoms with van der Waals surface area (Å²) in [6.07, 6.45) is -0.165. The highest BCUT2D eigenvalue weighted by molar-refractivity contribution is 5.89. The molecule has 1 amide bonds. The van der Waals surface area contributed by atoms with Crippen LogP contribution in [0.2, 0.25) is 0 Å². The van der Waals surface area contributed by atoms with E-state index in [9.17, 15) is 9.59 Å². The first-order valence-electron chi connectivity index (χ1n) is 7.89. The van der Waals surface area contributed by atoms with Gasteiger partial charge in [-0.1, -0.05) is 48.5 Å². The van der Waals surface area contributed by atoms with Crippen molar-refractivity contribution >= 4 is 17.7 Å². The number of ether oxygens (including phenoxy) is 2. The Bertz CT molecular complexity index is 729. The van der Waals surface area contributed by atoms with Gasteiger partial charge in [0.2, 0.25) is 0 Å². The minimum absolute atomic E-state index is 0.228. The van der Waals surface area contributed by atoms with Crippen molar-refractivity contribution in [3.63, 3.8) is 0 Å². The molecule has 124 valence electrons. The quantitative estimate of drug-likeness (QED) is 0.805. The summed E-state index contributed by atoms with van der Waals surface area (Å²) in [6, 6.07) is 17.0. The molecule has 3 rings (SSSR count). The zero-order chi connectivity index (χ0) is 16.9. The molecule has 0 fully saturated rings. The predicted octanol–water partition coefficient (Wildman–Crippen LogP) is 3.84. The lowest BCUT2D eigenvalue weighted by Crippen LogP contribution is -2.37. The molecule has 5 nitrogen and oxygen atoms in total. The minimum Gasteiger partial charge on any atom is -0.458 e. The molecule has 1 aliphatic heterocycles. The SMILES string of the molecule is CC(=O)O[C@@H]1CCN(C(=O)OCc2ccccc2)c2ccccc21. The Kier molecular flexibility index (Phi) is 4.79. The number of hydrogen-bond acceptors (Lipinski definition) is 4. The van der Waals surface area contributed by atoms with Crippen molar-refractivity contribution in [3.05, 3.63) is 65.7 Å². The van der Waals surface area contributed by atoms with E-state index in [1.807, 2.05) is 54.6 Å². The number of nitrogens with zero attached hydrogens (tertiary/aromatic N) is 1. The number of para-hydroxylation sites is 1. The Morgan fingerprint density at radius 2 is 1.79 bits per heavy atom. The van der Waals surface area contributed by atoms with Crippen LogP contribution in [0.5, 0.6) is 0 Å². The van der Waals surface area contributed by atoms with Gasteiger partial charge in [-0.15, -0.1) is 0 Å². The van der Waals surface area contributed by atoms with Gasteiger partial charge in [0.25, 0.3) is 0 Å². The molecule has 0 unspecified atom stereocenters. The van der Waals surface area contributed by atoms with Crippen molar-refractivity contribution < 1.29 is 19.1 Å². The fraction of sp³-hybridized carbons (Fsp3) is 0.263. The maximum Gasteiger partial charge on any atom is 0.414 e. The van der Waals surface area contributed by atoms with Gasteiger partial charge in [-0.2, -0.15) is 0 Å². The Morgan fingerprint density at radius 3 is 2.54 bits per heavy atom. The highest BCUT2D eigenvalue weighted by Crippen LogP contribution is 2.36. The molecule has 0 aliphatic carbocycles. The Balaban J connectivity index is 1.74. The van der Waals surface area contributed by atoms with Gasteiger partial charge in [-0.25, -0.2) is 4.79 Å². The molecule has 1 aliphatic rings. The van der Waals surface area contributed by atoms with Crippen LogP contribution < -0.4 is 4.90 Å². The first kappa shape index (κ1) is 16.1. The number of esters is 1. The van der Waals surface area contributed by atoms with Gasteiger partial charge in [0, 0.05) is 25.5 Å². The number of benzene rings is 2. The fourth-order valence-corrected chi connectivity index (χ4v) is 2.84. The molecule has 0 saturated carbocycles. The van der Waals surface area contributed by atoms with Crippen LogP contribution in [0.3, 0.4) is 0 Å². The predicted molar refractivity (Wildman–Crippen MR) is 89.5 cm³/mol. The number of rotatable bonds is 3. The van der Waals surface area contributed by atoms with Gasteiger partial charge in [-0.05, 0) is 11.6 Å². The van der Waals surface area contributed by atoms with Crippen LogP contribution in [0.25, 0.3) is 0 Å². The molecule has 24 heavy (non-hydrogen) atoms. The van der Waals surface area contributed by atoms with E-state index in [0.717, 1.165) is 16.8 Å². The van der Waals surface area contributed by atoms with E-state index in [-0.39, 0.29) is 18.7 Å². The summed E-state index contributed by atoms with van der Waals surface area (Å²) in [6.45, 7) is 2.07. The number of fused-ring (bicyclic) bond motifs is 1. The maximum absolute atomic E-state index is 12.5. The Hall–Kier alpha value is -2.82. The number of carbonyl (C=O) groups is 2. The standard InChI is InChI=1S/C19H19NO4/c1-14(21)24-18-11-12-20(17-10-6-5-9-16(17)18)19(22)23-13-15-7-3-2-4-8-15/h2-10,18H,11-13H2,1H3/t18-/m1/s1. The van der Waals surface area contributed by atoms with Gasteiger partial charge in [0.05, 0.1) is 5.69 Å². The average Bonchev–Trinajstić information content (AvgIpc) is 2.60. The summed E-state index contributed by atoms with van der Waals surface area (Å²) in [7, 11) is 0. The smallest absolute Gasteiger partial charge is 0.414 e. The minimum atomic E-state index is -0.396. The third-order valence-corrected chi connectivity index (χ3v) is 3.92. The zero-order valence-corrected chi connectivity index (χ0v) is 13.5. The molecule has 2 aromatic carbocycles. The van der Waals surface area contributed by atoms with Crippen molar-refractivity contribution in [1.82, 2.24) is 0 Å². The van der Waals surface area contributed by atoms with E-state index in [1.165, 1.54) is 6.92 Å². The van der Waals surface area contributed by atoms with Crippen molar-refractivity contribution in [2.75, 3.05) is 11.4 Å². The molecular formula is C19H19NO4. The highest BCUT2D eigenvalue weighted by atomic mass is 16.6. The summed E-state index contributed by atoms with van der Waals surface area (Å²) in [4.78, 5) is 25.3. The van der Waals surface area contributed by atoms with Crippen LogP contribution >= 0.6 is 0 Å². The van der Waals surface area contributed by atoms with E-state index < -0.39 is 6.09 Å². The van der Waals surface area contributed by atoms with Crippen LogP contribution in [0.15, 0.2) is 54.6 Å². The summed E-state index contributed by atoms with van der Waals surface area (Å²) in [5, 5.41) is 0. The number of hydrogen-bond donors (Lipinski definition) is 0. The van der Waals surface area contributed by atoms with E-state index in [0.29, 0.717) is 13.0 Å². The second-order valence-corrected chi connectivity index (χ2v) is 5.64. The first-order chi connectivity index (χ1) is 11.6. The zero-order valence-electron chi connectivity index (χ0n) is 13.5. The number of amides is 1. The average molecular weight is 325 g/mol. The van der Waals surface area contributed by atoms with Crippen molar-refractivity contribution in [1.29, 1.82) is 0 Å². The normalized spacial score (nSPS) is 16.2. The second kappa shape index (κ2) is 7.17. The molecule has 1 atom stereocenters. The van der Waals surface area contributed by atoms with E-state index in [1.54, 1.807) is 4.90 Å². The molecule has 0 radical (unpaired) electrons. The van der Waals surface area contributed by atoms with Crippen molar-refractivity contribution in [2.24, 2.45) is 0 Å². The molecule has 0 bridgehead atoms. The molecular weight excluding hydrogens is 306 g/mol. The van der Waals surface area contributed by atoms with Gasteiger partial charge in [0.15, 0.2) is 0 Å². The summed E-state index contributed by atoms with van der Waals surface area (Å²) >= 11 is 0. The highest BCUT2D eigenvalue weighted by Gasteiger charge is 2.30. The molecule has 5 heteroatoms. The van der Waals surface area contributed by atoms with Crippen LogP contribution in [-0.2, 0) is 20.9 Å². The molecule has 0 N–H and O–H groups in total. The van der Waals surface area contributed by atoms with Crippen molar-refractivity contribution in [3.8, 4) is 0 Å². The third-order valence-electron chi connectivity index (χ3n) is 3.92. The van der Waals surface area contributed by atoms with Gasteiger partial charge < -0.3 is 9.47 Å². The summed E-state index contributed by atoms with van der Waals surface area (Å²) in [5.74, 6) is -0.324. The lowest BCUT2D eigenvalue weighted by Gasteiger charge is -2.33. The maximum atomic E-state index is 12.5. The largest absolute Gasteiger partial charge is 0.458 e. The molecule has 2 aromatic rings. The van der Waals surface area contributed by atoms with Crippen LogP contribution in [-0.4, -0.2) is 18.6 Å². The number of carbonyl (C=O) groups excluding carboxylic acids is 2. The van der Waals surface area contributed by atoms with Crippen LogP contribution in [0.4, 0.5) is 10.5 Å². The Labute approximate surface area is 140 Å². The topological polar surface area (TPSA) is 55.8 Å². The summed E-state index contributed by atoms with van der Waals surface area (Å²) in [5.41, 5.74) is 2.50. The first-order valence-corrected chi connectivity index (χ1v) is 7.89. The number of anilines is 1. The lowest BCUT2D eigenvalue weighted by atomic mass is 9.99. The fourth-order valence-electron chi connectivity index (χ4n) is 2.84. The van der Waals surface area contributed by atoms with Gasteiger partial charge in [-0.3, -0.25) is 9.69 Å². The molecule has 0 aromatic heterocycles.